The minimum Gasteiger partial charge on any atom is -0.355 e. The molecule has 0 aliphatic heterocycles. The second-order valence-corrected chi connectivity index (χ2v) is 7.84. The van der Waals surface area contributed by atoms with Crippen molar-refractivity contribution >= 4 is 23.4 Å². The van der Waals surface area contributed by atoms with Crippen molar-refractivity contribution in [1.29, 1.82) is 0 Å². The maximum Gasteiger partial charge on any atom is 0.274 e. The van der Waals surface area contributed by atoms with Gasteiger partial charge < -0.3 is 15.2 Å². The fourth-order valence-corrected chi connectivity index (χ4v) is 3.32. The molecule has 0 fully saturated rings. The molecule has 0 bridgehead atoms. The van der Waals surface area contributed by atoms with Crippen molar-refractivity contribution in [3.05, 3.63) is 71.4 Å². The molecule has 1 heterocycles. The van der Waals surface area contributed by atoms with Gasteiger partial charge in [0.15, 0.2) is 11.5 Å². The van der Waals surface area contributed by atoms with Crippen LogP contribution in [0.5, 0.6) is 0 Å². The average molecular weight is 465 g/mol. The molecule has 0 atom stereocenters. The van der Waals surface area contributed by atoms with Gasteiger partial charge in [-0.05, 0) is 36.2 Å². The van der Waals surface area contributed by atoms with Gasteiger partial charge in [-0.25, -0.2) is 5.48 Å². The zero-order valence-electron chi connectivity index (χ0n) is 19.0. The third-order valence-electron chi connectivity index (χ3n) is 5.20. The van der Waals surface area contributed by atoms with Crippen molar-refractivity contribution in [3.63, 3.8) is 0 Å². The number of amides is 3. The van der Waals surface area contributed by atoms with E-state index in [9.17, 15) is 14.4 Å². The molecule has 178 valence electrons. The van der Waals surface area contributed by atoms with Crippen molar-refractivity contribution in [2.24, 2.45) is 0 Å². The largest absolute Gasteiger partial charge is 0.355 e. The summed E-state index contributed by atoms with van der Waals surface area (Å²) >= 11 is 0. The normalized spacial score (nSPS) is 10.5. The molecule has 0 spiro atoms. The lowest BCUT2D eigenvalue weighted by molar-refractivity contribution is -0.116. The molecule has 0 saturated heterocycles. The third kappa shape index (κ3) is 7.01. The van der Waals surface area contributed by atoms with Gasteiger partial charge in [-0.1, -0.05) is 55.6 Å². The van der Waals surface area contributed by atoms with Crippen LogP contribution in [0, 0.1) is 0 Å². The first-order valence-electron chi connectivity index (χ1n) is 11.2. The predicted octanol–water partition coefficient (Wildman–Crippen LogP) is 4.30. The highest BCUT2D eigenvalue weighted by Gasteiger charge is 2.14. The van der Waals surface area contributed by atoms with Crippen LogP contribution < -0.4 is 16.1 Å². The summed E-state index contributed by atoms with van der Waals surface area (Å²) in [5.41, 5.74) is 4.09. The van der Waals surface area contributed by atoms with Gasteiger partial charge >= 0.3 is 0 Å². The van der Waals surface area contributed by atoms with E-state index < -0.39 is 11.8 Å². The van der Waals surface area contributed by atoms with E-state index in [2.05, 4.69) is 22.7 Å². The Balaban J connectivity index is 1.56. The number of anilines is 1. The summed E-state index contributed by atoms with van der Waals surface area (Å²) in [7, 11) is 0. The topological polar surface area (TPSA) is 134 Å². The summed E-state index contributed by atoms with van der Waals surface area (Å²) in [5, 5.41) is 18.1. The van der Waals surface area contributed by atoms with Gasteiger partial charge in [-0.15, -0.1) is 0 Å². The first-order chi connectivity index (χ1) is 16.5. The van der Waals surface area contributed by atoms with Crippen LogP contribution in [0.25, 0.3) is 11.3 Å². The lowest BCUT2D eigenvalue weighted by Gasteiger charge is -2.06. The minimum absolute atomic E-state index is 0.0316. The van der Waals surface area contributed by atoms with Gasteiger partial charge in [0, 0.05) is 35.8 Å². The fraction of sp³-hybridized carbons (Fsp3) is 0.280. The highest BCUT2D eigenvalue weighted by Crippen LogP contribution is 2.24. The summed E-state index contributed by atoms with van der Waals surface area (Å²) in [6, 6.07) is 15.1. The van der Waals surface area contributed by atoms with E-state index in [1.807, 2.05) is 6.07 Å². The van der Waals surface area contributed by atoms with Crippen molar-refractivity contribution < 1.29 is 24.1 Å². The number of carbonyl (C=O) groups is 3. The zero-order valence-corrected chi connectivity index (χ0v) is 19.0. The van der Waals surface area contributed by atoms with Gasteiger partial charge in [0.25, 0.3) is 11.8 Å². The molecule has 9 nitrogen and oxygen atoms in total. The Morgan fingerprint density at radius 2 is 1.76 bits per heavy atom. The van der Waals surface area contributed by atoms with E-state index in [1.165, 1.54) is 18.2 Å². The zero-order chi connectivity index (χ0) is 24.3. The Kier molecular flexibility index (Phi) is 8.93. The van der Waals surface area contributed by atoms with Gasteiger partial charge in [0.05, 0.1) is 0 Å². The molecule has 0 aliphatic rings. The van der Waals surface area contributed by atoms with Crippen molar-refractivity contribution in [1.82, 2.24) is 16.0 Å². The van der Waals surface area contributed by atoms with Crippen molar-refractivity contribution in [2.45, 2.75) is 45.6 Å². The second-order valence-electron chi connectivity index (χ2n) is 7.84. The van der Waals surface area contributed by atoms with Crippen molar-refractivity contribution in [3.8, 4) is 11.3 Å². The van der Waals surface area contributed by atoms with Gasteiger partial charge in [-0.3, -0.25) is 19.6 Å². The molecule has 34 heavy (non-hydrogen) atoms. The average Bonchev–Trinajstić information content (AvgIpc) is 3.36. The molecular formula is C25H28N4O5. The van der Waals surface area contributed by atoms with Crippen LogP contribution in [-0.4, -0.2) is 28.1 Å². The molecule has 1 aromatic heterocycles. The summed E-state index contributed by atoms with van der Waals surface area (Å²) in [6.45, 7) is 2.35. The van der Waals surface area contributed by atoms with E-state index in [1.54, 1.807) is 35.8 Å². The first kappa shape index (κ1) is 24.7. The minimum atomic E-state index is -0.610. The van der Waals surface area contributed by atoms with Crippen LogP contribution in [0.3, 0.4) is 0 Å². The van der Waals surface area contributed by atoms with Gasteiger partial charge in [0.2, 0.25) is 5.91 Å². The second kappa shape index (κ2) is 12.3. The van der Waals surface area contributed by atoms with Crippen LogP contribution in [0.4, 0.5) is 5.69 Å². The molecule has 3 rings (SSSR count). The van der Waals surface area contributed by atoms with Gasteiger partial charge in [-0.2, -0.15) is 0 Å². The Labute approximate surface area is 197 Å². The highest BCUT2D eigenvalue weighted by molar-refractivity contribution is 5.94. The first-order valence-corrected chi connectivity index (χ1v) is 11.2. The number of rotatable bonds is 11. The van der Waals surface area contributed by atoms with E-state index >= 15 is 0 Å². The smallest absolute Gasteiger partial charge is 0.274 e. The Morgan fingerprint density at radius 1 is 0.971 bits per heavy atom. The molecule has 9 heteroatoms. The summed E-state index contributed by atoms with van der Waals surface area (Å²) in [6.07, 6.45) is 4.63. The lowest BCUT2D eigenvalue weighted by Crippen LogP contribution is -2.23. The van der Waals surface area contributed by atoms with Crippen LogP contribution in [0.15, 0.2) is 59.1 Å². The highest BCUT2D eigenvalue weighted by atomic mass is 16.5. The van der Waals surface area contributed by atoms with Gasteiger partial charge in [0.1, 0.15) is 0 Å². The maximum absolute atomic E-state index is 12.5. The molecule has 0 unspecified atom stereocenters. The number of carbonyl (C=O) groups excluding carboxylic acids is 3. The Hall–Kier alpha value is -3.98. The van der Waals surface area contributed by atoms with Crippen LogP contribution in [-0.2, 0) is 11.3 Å². The fourth-order valence-electron chi connectivity index (χ4n) is 3.32. The van der Waals surface area contributed by atoms with Crippen molar-refractivity contribution in [2.75, 3.05) is 5.32 Å². The Morgan fingerprint density at radius 3 is 2.50 bits per heavy atom. The summed E-state index contributed by atoms with van der Waals surface area (Å²) in [4.78, 5) is 36.0. The number of nitrogens with zero attached hydrogens (tertiary/aromatic N) is 1. The number of aromatic nitrogens is 1. The van der Waals surface area contributed by atoms with Crippen LogP contribution in [0.2, 0.25) is 0 Å². The summed E-state index contributed by atoms with van der Waals surface area (Å²) < 4.78 is 5.34. The standard InChI is InChI=1S/C25H28N4O5/c1-2-3-4-5-9-23(30)27-20-8-6-7-19(14-20)22-15-21(29-34-22)25(32)26-16-17-10-12-18(13-11-17)24(31)28-33/h6-8,10-15,33H,2-5,9,16H2,1H3,(H,26,32)(H,27,30)(H,28,31). The lowest BCUT2D eigenvalue weighted by atomic mass is 10.1. The number of nitrogens with one attached hydrogen (secondary N) is 3. The van der Waals surface area contributed by atoms with E-state index in [4.69, 9.17) is 9.73 Å². The van der Waals surface area contributed by atoms with Crippen LogP contribution >= 0.6 is 0 Å². The van der Waals surface area contributed by atoms with Crippen LogP contribution in [0.1, 0.15) is 65.4 Å². The molecule has 3 amide bonds. The van der Waals surface area contributed by atoms with E-state index in [-0.39, 0.29) is 18.1 Å². The number of unbranched alkanes of at least 4 members (excludes halogenated alkanes) is 3. The number of hydrogen-bond acceptors (Lipinski definition) is 6. The molecular weight excluding hydrogens is 436 g/mol. The predicted molar refractivity (Wildman–Crippen MR) is 126 cm³/mol. The monoisotopic (exact) mass is 464 g/mol. The maximum atomic E-state index is 12.5. The quantitative estimate of drug-likeness (QED) is 0.190. The van der Waals surface area contributed by atoms with E-state index in [0.717, 1.165) is 31.2 Å². The SMILES string of the molecule is CCCCCCC(=O)Nc1cccc(-c2cc(C(=O)NCc3ccc(C(=O)NO)cc3)no2)c1. The number of benzene rings is 2. The van der Waals surface area contributed by atoms with E-state index in [0.29, 0.717) is 29.0 Å². The number of hydrogen-bond donors (Lipinski definition) is 4. The molecule has 0 radical (unpaired) electrons. The Bertz CT molecular complexity index is 1120. The molecule has 3 aromatic rings. The molecule has 4 N–H and O–H groups in total. The summed E-state index contributed by atoms with van der Waals surface area (Å²) in [5.74, 6) is -0.649. The number of hydroxylamine groups is 1. The molecule has 2 aromatic carbocycles. The molecule has 0 saturated carbocycles. The third-order valence-corrected chi connectivity index (χ3v) is 5.20. The molecule has 0 aliphatic carbocycles.